The first kappa shape index (κ1) is 18.2. The van der Waals surface area contributed by atoms with E-state index >= 15 is 0 Å². The summed E-state index contributed by atoms with van der Waals surface area (Å²) in [7, 11) is 0. The molecule has 2 aromatic rings. The van der Waals surface area contributed by atoms with Crippen LogP contribution in [0.4, 0.5) is 11.4 Å². The number of hydrogen-bond acceptors (Lipinski definition) is 5. The minimum absolute atomic E-state index is 0.0756. The largest absolute Gasteiger partial charge is 0.392 e. The second kappa shape index (κ2) is 7.74. The predicted octanol–water partition coefficient (Wildman–Crippen LogP) is 2.17. The van der Waals surface area contributed by atoms with Gasteiger partial charge in [-0.3, -0.25) is 14.8 Å². The van der Waals surface area contributed by atoms with E-state index in [-0.39, 0.29) is 18.6 Å². The number of aliphatic hydroxyl groups is 1. The number of nitrogens with zero attached hydrogens (tertiary/aromatic N) is 1. The zero-order chi connectivity index (χ0) is 18.7. The van der Waals surface area contributed by atoms with E-state index in [0.29, 0.717) is 40.5 Å². The Balaban J connectivity index is 1.70. The number of hydroxylamine groups is 1. The molecular weight excluding hydrogens is 358 g/mol. The number of carbonyl (C=O) groups is 2. The lowest BCUT2D eigenvalue weighted by atomic mass is 10.1. The molecule has 8 heteroatoms. The molecule has 1 atom stereocenters. The molecule has 26 heavy (non-hydrogen) atoms. The van der Waals surface area contributed by atoms with Crippen LogP contribution in [-0.4, -0.2) is 34.7 Å². The Morgan fingerprint density at radius 3 is 2.62 bits per heavy atom. The highest BCUT2D eigenvalue weighted by Crippen LogP contribution is 2.28. The summed E-state index contributed by atoms with van der Waals surface area (Å²) in [5.41, 5.74) is 3.86. The minimum Gasteiger partial charge on any atom is -0.392 e. The van der Waals surface area contributed by atoms with Gasteiger partial charge in [-0.1, -0.05) is 11.6 Å². The molecule has 0 aromatic heterocycles. The predicted molar refractivity (Wildman–Crippen MR) is 97.5 cm³/mol. The van der Waals surface area contributed by atoms with Crippen LogP contribution in [0.25, 0.3) is 0 Å². The van der Waals surface area contributed by atoms with Gasteiger partial charge in [-0.2, -0.15) is 0 Å². The Labute approximate surface area is 155 Å². The minimum atomic E-state index is -0.595. The van der Waals surface area contributed by atoms with Crippen molar-refractivity contribution in [3.63, 3.8) is 0 Å². The topological polar surface area (TPSA) is 102 Å². The van der Waals surface area contributed by atoms with E-state index in [9.17, 15) is 14.7 Å². The molecule has 0 aliphatic carbocycles. The van der Waals surface area contributed by atoms with Gasteiger partial charge in [-0.15, -0.1) is 0 Å². The van der Waals surface area contributed by atoms with Crippen LogP contribution in [0, 0.1) is 0 Å². The van der Waals surface area contributed by atoms with Crippen molar-refractivity contribution in [1.82, 2.24) is 5.48 Å². The fourth-order valence-corrected chi connectivity index (χ4v) is 3.08. The molecule has 0 radical (unpaired) electrons. The standard InChI is InChI=1S/C18H18ClN3O4/c19-15-6-5-14(9-12(15)10-23)22-8-7-16(18(22)25)20-13-3-1-11(2-4-13)17(24)21-26/h1-6,9,16,20,23,26H,7-8,10H2,(H,21,24). The summed E-state index contributed by atoms with van der Waals surface area (Å²) in [5, 5.41) is 21.6. The number of rotatable bonds is 5. The molecule has 0 bridgehead atoms. The van der Waals surface area contributed by atoms with Crippen molar-refractivity contribution in [2.24, 2.45) is 0 Å². The van der Waals surface area contributed by atoms with E-state index in [4.69, 9.17) is 16.8 Å². The zero-order valence-corrected chi connectivity index (χ0v) is 14.5. The van der Waals surface area contributed by atoms with Gasteiger partial charge in [0.15, 0.2) is 0 Å². The van der Waals surface area contributed by atoms with Crippen LogP contribution >= 0.6 is 11.6 Å². The van der Waals surface area contributed by atoms with Crippen molar-refractivity contribution >= 4 is 34.8 Å². The lowest BCUT2D eigenvalue weighted by Crippen LogP contribution is -2.33. The monoisotopic (exact) mass is 375 g/mol. The van der Waals surface area contributed by atoms with Crippen molar-refractivity contribution in [2.45, 2.75) is 19.1 Å². The Morgan fingerprint density at radius 1 is 1.23 bits per heavy atom. The second-order valence-corrected chi connectivity index (χ2v) is 6.33. The zero-order valence-electron chi connectivity index (χ0n) is 13.8. The lowest BCUT2D eigenvalue weighted by molar-refractivity contribution is -0.117. The number of carbonyl (C=O) groups excluding carboxylic acids is 2. The van der Waals surface area contributed by atoms with Crippen LogP contribution in [0.1, 0.15) is 22.3 Å². The first-order valence-corrected chi connectivity index (χ1v) is 8.43. The molecule has 1 aliphatic rings. The van der Waals surface area contributed by atoms with Crippen LogP contribution in [-0.2, 0) is 11.4 Å². The van der Waals surface area contributed by atoms with Gasteiger partial charge in [-0.25, -0.2) is 5.48 Å². The second-order valence-electron chi connectivity index (χ2n) is 5.93. The maximum atomic E-state index is 12.7. The number of amides is 2. The highest BCUT2D eigenvalue weighted by Gasteiger charge is 2.32. The molecule has 3 rings (SSSR count). The van der Waals surface area contributed by atoms with E-state index in [1.165, 1.54) is 0 Å². The highest BCUT2D eigenvalue weighted by molar-refractivity contribution is 6.31. The number of anilines is 2. The van der Waals surface area contributed by atoms with Crippen LogP contribution in [0.5, 0.6) is 0 Å². The normalized spacial score (nSPS) is 16.7. The molecule has 1 aliphatic heterocycles. The van der Waals surface area contributed by atoms with Crippen LogP contribution in [0.3, 0.4) is 0 Å². The fraction of sp³-hybridized carbons (Fsp3) is 0.222. The summed E-state index contributed by atoms with van der Waals surface area (Å²) >= 11 is 6.00. The van der Waals surface area contributed by atoms with Crippen molar-refractivity contribution in [2.75, 3.05) is 16.8 Å². The number of benzene rings is 2. The molecule has 2 aromatic carbocycles. The van der Waals surface area contributed by atoms with Crippen molar-refractivity contribution in [1.29, 1.82) is 0 Å². The molecule has 2 amide bonds. The number of hydrogen-bond donors (Lipinski definition) is 4. The summed E-state index contributed by atoms with van der Waals surface area (Å²) in [5.74, 6) is -0.671. The van der Waals surface area contributed by atoms with Crippen LogP contribution in [0.2, 0.25) is 5.02 Å². The van der Waals surface area contributed by atoms with Gasteiger partial charge >= 0.3 is 0 Å². The van der Waals surface area contributed by atoms with E-state index in [2.05, 4.69) is 5.32 Å². The van der Waals surface area contributed by atoms with Gasteiger partial charge in [0.1, 0.15) is 6.04 Å². The van der Waals surface area contributed by atoms with Gasteiger partial charge in [0.25, 0.3) is 5.91 Å². The summed E-state index contributed by atoms with van der Waals surface area (Å²) < 4.78 is 0. The van der Waals surface area contributed by atoms with Gasteiger partial charge in [0, 0.05) is 28.5 Å². The lowest BCUT2D eigenvalue weighted by Gasteiger charge is -2.19. The molecule has 0 spiro atoms. The molecule has 136 valence electrons. The molecule has 1 saturated heterocycles. The maximum absolute atomic E-state index is 12.7. The molecular formula is C18H18ClN3O4. The summed E-state index contributed by atoms with van der Waals surface area (Å²) in [6.07, 6.45) is 0.620. The van der Waals surface area contributed by atoms with Gasteiger partial charge in [0.2, 0.25) is 5.91 Å². The quantitative estimate of drug-likeness (QED) is 0.474. The van der Waals surface area contributed by atoms with Gasteiger partial charge < -0.3 is 15.3 Å². The highest BCUT2D eigenvalue weighted by atomic mass is 35.5. The Hall–Kier alpha value is -2.61. The van der Waals surface area contributed by atoms with E-state index in [1.54, 1.807) is 52.8 Å². The van der Waals surface area contributed by atoms with Crippen LogP contribution in [0.15, 0.2) is 42.5 Å². The molecule has 4 N–H and O–H groups in total. The first-order chi connectivity index (χ1) is 12.5. The Morgan fingerprint density at radius 2 is 1.96 bits per heavy atom. The molecule has 1 heterocycles. The van der Waals surface area contributed by atoms with E-state index in [1.807, 2.05) is 0 Å². The number of nitrogens with one attached hydrogen (secondary N) is 2. The molecule has 7 nitrogen and oxygen atoms in total. The first-order valence-electron chi connectivity index (χ1n) is 8.05. The summed E-state index contributed by atoms with van der Waals surface area (Å²) in [6.45, 7) is 0.359. The van der Waals surface area contributed by atoms with Crippen molar-refractivity contribution in [3.8, 4) is 0 Å². The Bertz CT molecular complexity index is 826. The van der Waals surface area contributed by atoms with E-state index < -0.39 is 5.91 Å². The third-order valence-corrected chi connectivity index (χ3v) is 4.68. The van der Waals surface area contributed by atoms with Gasteiger partial charge in [-0.05, 0) is 54.4 Å². The molecule has 0 saturated carbocycles. The SMILES string of the molecule is O=C(NO)c1ccc(NC2CCN(c3ccc(Cl)c(CO)c3)C2=O)cc1. The fourth-order valence-electron chi connectivity index (χ4n) is 2.90. The average Bonchev–Trinajstić information content (AvgIpc) is 3.02. The third kappa shape index (κ3) is 3.65. The number of halogens is 1. The van der Waals surface area contributed by atoms with Crippen molar-refractivity contribution in [3.05, 3.63) is 58.6 Å². The summed E-state index contributed by atoms with van der Waals surface area (Å²) in [6, 6.07) is 11.2. The molecule has 1 unspecified atom stereocenters. The third-order valence-electron chi connectivity index (χ3n) is 4.31. The van der Waals surface area contributed by atoms with E-state index in [0.717, 1.165) is 0 Å². The van der Waals surface area contributed by atoms with Crippen molar-refractivity contribution < 1.29 is 19.9 Å². The average molecular weight is 376 g/mol. The van der Waals surface area contributed by atoms with Crippen LogP contribution < -0.4 is 15.7 Å². The van der Waals surface area contributed by atoms with Gasteiger partial charge in [0.05, 0.1) is 6.61 Å². The Kier molecular flexibility index (Phi) is 5.41. The maximum Gasteiger partial charge on any atom is 0.274 e. The smallest absolute Gasteiger partial charge is 0.274 e. The molecule has 1 fully saturated rings. The summed E-state index contributed by atoms with van der Waals surface area (Å²) in [4.78, 5) is 25.7. The number of aliphatic hydroxyl groups excluding tert-OH is 1.